The molecule has 67 heavy (non-hydrogen) atoms. The Morgan fingerprint density at radius 2 is 1.07 bits per heavy atom. The summed E-state index contributed by atoms with van der Waals surface area (Å²) >= 11 is 0. The number of hydrogen-bond donors (Lipinski definition) is 6. The minimum Gasteiger partial charge on any atom is -0.454 e. The van der Waals surface area contributed by atoms with Gasteiger partial charge >= 0.3 is 5.97 Å². The standard InChI is InChI=1S/C56H89NO10/c1-4-7-10-13-16-19-22-24-25-26-29-32-35-38-41-44-51(61)67-54-53(63)52(62)50(45-58)66-56(54)65-46-47(48(59)42-39-36-33-30-27-21-18-15-12-9-6-3)57-55(64)49(60)43-40-37-34-31-28-23-20-17-14-11-8-5-2/h7-8,10-11,13-14,16-17,19-20,22-25,28,31,34,37,39,42,47-50,52-54,56,58-60,62-63H,4-6,9,12,15,18,21,26-27,29-30,32-33,35-36,38,40-41,43-46H2,1-3H3,(H,57,64)/b10-7+,11-8+,16-13+,17-14+,22-19+,23-20-,25-24-,31-28-,37-34+,42-39+. The van der Waals surface area contributed by atoms with Crippen LogP contribution in [0.1, 0.15) is 156 Å². The van der Waals surface area contributed by atoms with E-state index in [0.29, 0.717) is 12.8 Å². The van der Waals surface area contributed by atoms with Crippen LogP contribution in [0.25, 0.3) is 0 Å². The smallest absolute Gasteiger partial charge is 0.306 e. The molecule has 1 fully saturated rings. The maximum atomic E-state index is 13.3. The van der Waals surface area contributed by atoms with Gasteiger partial charge in [0.2, 0.25) is 5.91 Å². The van der Waals surface area contributed by atoms with Crippen molar-refractivity contribution in [2.24, 2.45) is 0 Å². The summed E-state index contributed by atoms with van der Waals surface area (Å²) in [5.74, 6) is -1.31. The average molecular weight is 936 g/mol. The van der Waals surface area contributed by atoms with Gasteiger partial charge in [-0.15, -0.1) is 0 Å². The van der Waals surface area contributed by atoms with Crippen LogP contribution >= 0.6 is 0 Å². The minimum atomic E-state index is -1.64. The average Bonchev–Trinajstić information content (AvgIpc) is 3.32. The second-order valence-corrected chi connectivity index (χ2v) is 17.0. The SMILES string of the molecule is CC/C=C/C=C/C=C\C=C/C=C/CCC(O)C(=O)NC(COC1OC(CO)C(O)C(O)C1OC(=O)CCCCCCC\C=C/C=C/C=C/C=C/CC)C(O)/C=C/CCCCCCCCCCC. The van der Waals surface area contributed by atoms with Crippen LogP contribution in [0.2, 0.25) is 0 Å². The van der Waals surface area contributed by atoms with Gasteiger partial charge in [-0.2, -0.15) is 0 Å². The maximum Gasteiger partial charge on any atom is 0.306 e. The van der Waals surface area contributed by atoms with Crippen molar-refractivity contribution in [3.63, 3.8) is 0 Å². The van der Waals surface area contributed by atoms with Gasteiger partial charge in [-0.05, 0) is 57.8 Å². The third-order valence-electron chi connectivity index (χ3n) is 11.1. The number of unbranched alkanes of at least 4 members (excludes halogenated alkanes) is 14. The monoisotopic (exact) mass is 936 g/mol. The number of nitrogens with one attached hydrogen (secondary N) is 1. The van der Waals surface area contributed by atoms with E-state index < -0.39 is 67.4 Å². The summed E-state index contributed by atoms with van der Waals surface area (Å²) in [6.45, 7) is 5.37. The fourth-order valence-electron chi connectivity index (χ4n) is 7.04. The number of esters is 1. The highest BCUT2D eigenvalue weighted by Crippen LogP contribution is 2.26. The van der Waals surface area contributed by atoms with Gasteiger partial charge in [0.15, 0.2) is 12.4 Å². The number of aliphatic hydroxyl groups excluding tert-OH is 5. The van der Waals surface area contributed by atoms with Crippen molar-refractivity contribution in [3.05, 3.63) is 122 Å². The molecule has 1 aliphatic rings. The van der Waals surface area contributed by atoms with Gasteiger partial charge in [-0.25, -0.2) is 0 Å². The molecule has 8 unspecified atom stereocenters. The molecule has 0 radical (unpaired) electrons. The zero-order chi connectivity index (χ0) is 49.0. The summed E-state index contributed by atoms with van der Waals surface area (Å²) in [7, 11) is 0. The first kappa shape index (κ1) is 61.1. The highest BCUT2D eigenvalue weighted by atomic mass is 16.7. The van der Waals surface area contributed by atoms with Gasteiger partial charge < -0.3 is 45.1 Å². The molecule has 8 atom stereocenters. The zero-order valence-electron chi connectivity index (χ0n) is 41.2. The quantitative estimate of drug-likeness (QED) is 0.0151. The van der Waals surface area contributed by atoms with E-state index in [0.717, 1.165) is 70.6 Å². The number of rotatable bonds is 39. The number of allylic oxidation sites excluding steroid dienone is 19. The van der Waals surface area contributed by atoms with Crippen LogP contribution in [0.4, 0.5) is 0 Å². The molecule has 0 spiro atoms. The van der Waals surface area contributed by atoms with Crippen LogP contribution in [-0.2, 0) is 23.8 Å². The fraction of sp³-hybridized carbons (Fsp3) is 0.607. The number of hydrogen-bond acceptors (Lipinski definition) is 10. The van der Waals surface area contributed by atoms with E-state index in [-0.39, 0.29) is 19.4 Å². The van der Waals surface area contributed by atoms with E-state index in [1.54, 1.807) is 6.08 Å². The van der Waals surface area contributed by atoms with Gasteiger partial charge in [-0.3, -0.25) is 9.59 Å². The van der Waals surface area contributed by atoms with Gasteiger partial charge in [0.25, 0.3) is 0 Å². The van der Waals surface area contributed by atoms with Crippen molar-refractivity contribution < 1.29 is 49.3 Å². The predicted molar refractivity (Wildman–Crippen MR) is 273 cm³/mol. The summed E-state index contributed by atoms with van der Waals surface area (Å²) < 4.78 is 17.4. The van der Waals surface area contributed by atoms with Crippen molar-refractivity contribution in [1.29, 1.82) is 0 Å². The Labute approximate surface area is 404 Å². The van der Waals surface area contributed by atoms with E-state index in [4.69, 9.17) is 14.2 Å². The van der Waals surface area contributed by atoms with E-state index in [1.165, 1.54) is 38.5 Å². The van der Waals surface area contributed by atoms with Gasteiger partial charge in [0, 0.05) is 6.42 Å². The first-order valence-electron chi connectivity index (χ1n) is 25.4. The normalized spacial score (nSPS) is 21.1. The molecule has 0 aromatic carbocycles. The van der Waals surface area contributed by atoms with Gasteiger partial charge in [0.05, 0.1) is 25.4 Å². The van der Waals surface area contributed by atoms with Crippen molar-refractivity contribution in [1.82, 2.24) is 5.32 Å². The molecule has 0 bridgehead atoms. The topological polar surface area (TPSA) is 175 Å². The van der Waals surface area contributed by atoms with Crippen molar-refractivity contribution in [2.45, 2.75) is 205 Å². The number of amides is 1. The molecule has 1 saturated heterocycles. The third kappa shape index (κ3) is 32.4. The third-order valence-corrected chi connectivity index (χ3v) is 11.1. The summed E-state index contributed by atoms with van der Waals surface area (Å²) in [5.41, 5.74) is 0. The Hall–Kier alpha value is -3.94. The van der Waals surface area contributed by atoms with Crippen LogP contribution in [-0.4, -0.2) is 99.6 Å². The van der Waals surface area contributed by atoms with Gasteiger partial charge in [0.1, 0.15) is 24.4 Å². The molecule has 1 heterocycles. The second kappa shape index (κ2) is 43.3. The highest BCUT2D eigenvalue weighted by Gasteiger charge is 2.47. The molecule has 6 N–H and O–H groups in total. The van der Waals surface area contributed by atoms with Crippen LogP contribution < -0.4 is 5.32 Å². The van der Waals surface area contributed by atoms with Crippen LogP contribution in [0.15, 0.2) is 122 Å². The molecule has 0 aliphatic carbocycles. The Bertz CT molecular complexity index is 1540. The number of ether oxygens (including phenoxy) is 3. The zero-order valence-corrected chi connectivity index (χ0v) is 41.2. The molecule has 1 aliphatic heterocycles. The Morgan fingerprint density at radius 1 is 0.597 bits per heavy atom. The number of carbonyl (C=O) groups excluding carboxylic acids is 2. The summed E-state index contributed by atoms with van der Waals surface area (Å²) in [4.78, 5) is 26.3. The lowest BCUT2D eigenvalue weighted by molar-refractivity contribution is -0.305. The Balaban J connectivity index is 2.86. The van der Waals surface area contributed by atoms with Gasteiger partial charge in [-0.1, -0.05) is 213 Å². The first-order chi connectivity index (χ1) is 32.7. The molecule has 378 valence electrons. The summed E-state index contributed by atoms with van der Waals surface area (Å²) in [6, 6.07) is -1.07. The first-order valence-corrected chi connectivity index (χ1v) is 25.4. The van der Waals surface area contributed by atoms with Crippen molar-refractivity contribution >= 4 is 11.9 Å². The van der Waals surface area contributed by atoms with E-state index in [2.05, 4.69) is 44.3 Å². The summed E-state index contributed by atoms with van der Waals surface area (Å²) in [6.07, 6.45) is 48.4. The number of carbonyl (C=O) groups is 2. The lowest BCUT2D eigenvalue weighted by Gasteiger charge is -2.41. The fourth-order valence-corrected chi connectivity index (χ4v) is 7.04. The minimum absolute atomic E-state index is 0.0808. The molecule has 0 aromatic rings. The molecule has 0 saturated carbocycles. The molecule has 11 nitrogen and oxygen atoms in total. The van der Waals surface area contributed by atoms with E-state index >= 15 is 0 Å². The molecule has 0 aromatic heterocycles. The lowest BCUT2D eigenvalue weighted by atomic mass is 9.99. The van der Waals surface area contributed by atoms with Crippen molar-refractivity contribution in [3.8, 4) is 0 Å². The van der Waals surface area contributed by atoms with Crippen LogP contribution in [0.5, 0.6) is 0 Å². The Kier molecular flexibility index (Phi) is 39.5. The molecular weight excluding hydrogens is 847 g/mol. The lowest BCUT2D eigenvalue weighted by Crippen LogP contribution is -2.61. The predicted octanol–water partition coefficient (Wildman–Crippen LogP) is 10.4. The van der Waals surface area contributed by atoms with Crippen LogP contribution in [0.3, 0.4) is 0 Å². The second-order valence-electron chi connectivity index (χ2n) is 17.0. The van der Waals surface area contributed by atoms with E-state index in [9.17, 15) is 35.1 Å². The number of aliphatic hydroxyl groups is 5. The maximum absolute atomic E-state index is 13.3. The molecule has 11 heteroatoms. The largest absolute Gasteiger partial charge is 0.454 e. The highest BCUT2D eigenvalue weighted by molar-refractivity contribution is 5.80. The molecule has 1 amide bonds. The summed E-state index contributed by atoms with van der Waals surface area (Å²) in [5, 5.41) is 56.4. The van der Waals surface area contributed by atoms with Crippen molar-refractivity contribution in [2.75, 3.05) is 13.2 Å². The molecular formula is C56H89NO10. The van der Waals surface area contributed by atoms with E-state index in [1.807, 2.05) is 97.2 Å². The molecule has 1 rings (SSSR count). The Morgan fingerprint density at radius 3 is 1.61 bits per heavy atom. The van der Waals surface area contributed by atoms with Crippen LogP contribution in [0, 0.1) is 0 Å².